The van der Waals surface area contributed by atoms with Crippen LogP contribution in [0.1, 0.15) is 98.0 Å². The van der Waals surface area contributed by atoms with Crippen LogP contribution in [0.2, 0.25) is 0 Å². The van der Waals surface area contributed by atoms with Crippen LogP contribution in [0.5, 0.6) is 5.75 Å². The summed E-state index contributed by atoms with van der Waals surface area (Å²) in [6.07, 6.45) is 8.60. The highest BCUT2D eigenvalue weighted by atomic mass is 32.1. The van der Waals surface area contributed by atoms with Gasteiger partial charge in [0.25, 0.3) is 0 Å². The van der Waals surface area contributed by atoms with E-state index in [1.54, 1.807) is 29.8 Å². The Morgan fingerprint density at radius 2 is 1.74 bits per heavy atom. The number of carbonyl (C=O) groups is 2. The Labute approximate surface area is 333 Å². The standard InChI is InChI=1S/C43H45FN8O4S/c1-22(2)38(50-43(54)55-3)41(53)51-15-5-7-32(51)40-47-20-29(49-40)24-10-11-31-26(16-24)18-33-37-27(44)17-25(30-21-46-39(48-30)28-6-4-14-45-28)19-34(37)56-42(52(31)33)36-13-12-35(57-36)23-8-9-23/h10-13,16-23,28,32,38,42,45H,4-9,14-15H2,1-3H3,(H,46,48)(H,47,49)(H,50,54)/t28-,32-,38-,42?/m0/s1. The van der Waals surface area contributed by atoms with E-state index in [0.29, 0.717) is 35.2 Å². The van der Waals surface area contributed by atoms with Gasteiger partial charge in [0.05, 0.1) is 64.6 Å². The molecule has 7 heterocycles. The summed E-state index contributed by atoms with van der Waals surface area (Å²) in [5.41, 5.74) is 5.29. The third-order valence-corrected chi connectivity index (χ3v) is 13.2. The van der Waals surface area contributed by atoms with E-state index < -0.39 is 18.4 Å². The number of H-pyrrole nitrogens is 2. The van der Waals surface area contributed by atoms with E-state index in [0.717, 1.165) is 76.5 Å². The van der Waals surface area contributed by atoms with Gasteiger partial charge in [-0.15, -0.1) is 11.3 Å². The zero-order valence-corrected chi connectivity index (χ0v) is 32.9. The van der Waals surface area contributed by atoms with E-state index in [-0.39, 0.29) is 29.7 Å². The molecule has 1 saturated carbocycles. The first kappa shape index (κ1) is 35.9. The number of rotatable bonds is 9. The number of hydrogen-bond donors (Lipinski definition) is 4. The number of benzene rings is 2. The quantitative estimate of drug-likeness (QED) is 0.115. The molecule has 4 aliphatic rings. The molecule has 6 aromatic rings. The molecule has 3 fully saturated rings. The maximum absolute atomic E-state index is 16.5. The summed E-state index contributed by atoms with van der Waals surface area (Å²) in [6.45, 7) is 5.34. The first-order chi connectivity index (χ1) is 27.7. The van der Waals surface area contributed by atoms with Gasteiger partial charge in [-0.05, 0) is 99.4 Å². The number of imidazole rings is 2. The van der Waals surface area contributed by atoms with E-state index >= 15 is 4.39 Å². The molecule has 10 rings (SSSR count). The number of hydrogen-bond acceptors (Lipinski definition) is 8. The number of likely N-dealkylation sites (tertiary alicyclic amines) is 1. The first-order valence-corrected chi connectivity index (χ1v) is 20.8. The van der Waals surface area contributed by atoms with Crippen LogP contribution in [0.4, 0.5) is 9.18 Å². The fourth-order valence-corrected chi connectivity index (χ4v) is 10.00. The van der Waals surface area contributed by atoms with Crippen LogP contribution in [0, 0.1) is 11.7 Å². The van der Waals surface area contributed by atoms with Gasteiger partial charge in [0.15, 0.2) is 0 Å². The van der Waals surface area contributed by atoms with E-state index in [2.05, 4.69) is 60.5 Å². The number of nitrogens with one attached hydrogen (secondary N) is 4. The molecule has 4 atom stereocenters. The largest absolute Gasteiger partial charge is 0.464 e. The number of halogens is 1. The fourth-order valence-electron chi connectivity index (χ4n) is 8.80. The van der Waals surface area contributed by atoms with Gasteiger partial charge in [-0.1, -0.05) is 19.9 Å². The Morgan fingerprint density at radius 3 is 2.51 bits per heavy atom. The van der Waals surface area contributed by atoms with Crippen LogP contribution in [-0.2, 0) is 9.53 Å². The molecule has 294 valence electrons. The monoisotopic (exact) mass is 788 g/mol. The molecular weight excluding hydrogens is 744 g/mol. The van der Waals surface area contributed by atoms with Gasteiger partial charge >= 0.3 is 6.09 Å². The maximum Gasteiger partial charge on any atom is 0.407 e. The Morgan fingerprint density at radius 1 is 0.947 bits per heavy atom. The number of aromatic amines is 2. The molecule has 0 bridgehead atoms. The van der Waals surface area contributed by atoms with Crippen molar-refractivity contribution in [2.24, 2.45) is 5.92 Å². The zero-order valence-electron chi connectivity index (χ0n) is 32.1. The fraction of sp³-hybridized carbons (Fsp3) is 0.395. The molecule has 4 N–H and O–H groups in total. The first-order valence-electron chi connectivity index (χ1n) is 20.0. The molecule has 2 aromatic carbocycles. The average molecular weight is 789 g/mol. The van der Waals surface area contributed by atoms with E-state index in [4.69, 9.17) is 14.5 Å². The molecule has 57 heavy (non-hydrogen) atoms. The number of nitrogens with zero attached hydrogens (tertiary/aromatic N) is 4. The van der Waals surface area contributed by atoms with Crippen LogP contribution < -0.4 is 15.4 Å². The minimum atomic E-state index is -0.711. The summed E-state index contributed by atoms with van der Waals surface area (Å²) in [4.78, 5) is 46.4. The number of ether oxygens (including phenoxy) is 2. The summed E-state index contributed by atoms with van der Waals surface area (Å²) < 4.78 is 30.3. The minimum absolute atomic E-state index is 0.124. The van der Waals surface area contributed by atoms with E-state index in [9.17, 15) is 9.59 Å². The van der Waals surface area contributed by atoms with Crippen molar-refractivity contribution in [3.05, 3.63) is 88.1 Å². The second-order valence-electron chi connectivity index (χ2n) is 16.0. The summed E-state index contributed by atoms with van der Waals surface area (Å²) in [7, 11) is 1.29. The molecule has 0 radical (unpaired) electrons. The third kappa shape index (κ3) is 6.38. The molecule has 3 aliphatic heterocycles. The average Bonchev–Trinajstić information content (AvgIpc) is 3.94. The molecule has 2 saturated heterocycles. The minimum Gasteiger partial charge on any atom is -0.464 e. The van der Waals surface area contributed by atoms with Crippen molar-refractivity contribution in [1.29, 1.82) is 0 Å². The molecule has 0 spiro atoms. The topological polar surface area (TPSA) is 142 Å². The van der Waals surface area contributed by atoms with Crippen molar-refractivity contribution in [3.8, 4) is 39.5 Å². The predicted molar refractivity (Wildman–Crippen MR) is 215 cm³/mol. The molecule has 1 unspecified atom stereocenters. The second-order valence-corrected chi connectivity index (χ2v) is 17.2. The van der Waals surface area contributed by atoms with Crippen molar-refractivity contribution in [2.75, 3.05) is 20.2 Å². The van der Waals surface area contributed by atoms with Crippen LogP contribution in [0.3, 0.4) is 0 Å². The number of aromatic nitrogens is 5. The number of carbonyl (C=O) groups excluding carboxylic acids is 2. The predicted octanol–water partition coefficient (Wildman–Crippen LogP) is 8.57. The smallest absolute Gasteiger partial charge is 0.407 e. The number of alkyl carbamates (subject to hydrolysis) is 1. The molecule has 14 heteroatoms. The van der Waals surface area contributed by atoms with Gasteiger partial charge in [-0.3, -0.25) is 9.36 Å². The lowest BCUT2D eigenvalue weighted by atomic mass is 10.0. The molecule has 1 aliphatic carbocycles. The Kier molecular flexibility index (Phi) is 8.93. The van der Waals surface area contributed by atoms with Crippen molar-refractivity contribution in [3.63, 3.8) is 0 Å². The van der Waals surface area contributed by atoms with Crippen LogP contribution in [-0.4, -0.2) is 67.6 Å². The van der Waals surface area contributed by atoms with Gasteiger partial charge in [0, 0.05) is 27.9 Å². The van der Waals surface area contributed by atoms with Crippen LogP contribution >= 0.6 is 11.3 Å². The van der Waals surface area contributed by atoms with Crippen molar-refractivity contribution >= 4 is 34.2 Å². The van der Waals surface area contributed by atoms with E-state index in [1.165, 1.54) is 24.8 Å². The van der Waals surface area contributed by atoms with Gasteiger partial charge in [0.1, 0.15) is 29.3 Å². The summed E-state index contributed by atoms with van der Waals surface area (Å²) >= 11 is 1.78. The highest BCUT2D eigenvalue weighted by Gasteiger charge is 2.38. The number of thiophene rings is 1. The second kappa shape index (κ2) is 14.2. The van der Waals surface area contributed by atoms with Crippen molar-refractivity contribution in [1.82, 2.24) is 40.0 Å². The zero-order chi connectivity index (χ0) is 38.9. The maximum atomic E-state index is 16.5. The Balaban J connectivity index is 0.997. The molecule has 2 amide bonds. The Hall–Kier alpha value is -5.47. The summed E-state index contributed by atoms with van der Waals surface area (Å²) in [6, 6.07) is 15.4. The number of amides is 2. The number of fused-ring (bicyclic) bond motifs is 5. The number of methoxy groups -OCH3 is 1. The molecule has 4 aromatic heterocycles. The lowest BCUT2D eigenvalue weighted by Gasteiger charge is -2.30. The molecular formula is C43H45FN8O4S. The normalized spacial score (nSPS) is 20.8. The van der Waals surface area contributed by atoms with Gasteiger partial charge in [-0.2, -0.15) is 0 Å². The third-order valence-electron chi connectivity index (χ3n) is 11.9. The van der Waals surface area contributed by atoms with Gasteiger partial charge in [0.2, 0.25) is 12.1 Å². The summed E-state index contributed by atoms with van der Waals surface area (Å²) in [5.74, 6) is 2.03. The highest BCUT2D eigenvalue weighted by Crippen LogP contribution is 2.50. The van der Waals surface area contributed by atoms with Crippen LogP contribution in [0.15, 0.2) is 60.9 Å². The van der Waals surface area contributed by atoms with E-state index in [1.807, 2.05) is 30.9 Å². The SMILES string of the molecule is COC(=O)N[C@H](C(=O)N1CCC[C@H]1c1ncc(-c2ccc3c(c2)cc2n3C(c3ccc(C4CC4)s3)Oc3cc(-c4cnc([C@@H]5CCCN5)[nH]4)cc(F)c3-2)[nH]1)C(C)C. The van der Waals surface area contributed by atoms with Crippen molar-refractivity contribution in [2.45, 2.75) is 82.6 Å². The lowest BCUT2D eigenvalue weighted by molar-refractivity contribution is -0.135. The lowest BCUT2D eigenvalue weighted by Crippen LogP contribution is -2.51. The van der Waals surface area contributed by atoms with Gasteiger partial charge < -0.3 is 35.0 Å². The van der Waals surface area contributed by atoms with Crippen molar-refractivity contribution < 1.29 is 23.5 Å². The van der Waals surface area contributed by atoms with Gasteiger partial charge in [-0.25, -0.2) is 19.2 Å². The Bertz CT molecular complexity index is 2510. The summed E-state index contributed by atoms with van der Waals surface area (Å²) in [5, 5.41) is 7.13. The molecule has 12 nitrogen and oxygen atoms in total. The highest BCUT2D eigenvalue weighted by molar-refractivity contribution is 7.12. The van der Waals surface area contributed by atoms with Crippen LogP contribution in [0.25, 0.3) is 44.7 Å².